The van der Waals surface area contributed by atoms with Crippen LogP contribution in [0.3, 0.4) is 0 Å². The number of rotatable bonds is 5. The highest BCUT2D eigenvalue weighted by Gasteiger charge is 2.30. The van der Waals surface area contributed by atoms with Crippen LogP contribution in [0.25, 0.3) is 0 Å². The van der Waals surface area contributed by atoms with Crippen molar-refractivity contribution in [1.29, 1.82) is 0 Å². The van der Waals surface area contributed by atoms with Gasteiger partial charge in [0, 0.05) is 28.9 Å². The molecule has 0 radical (unpaired) electrons. The lowest BCUT2D eigenvalue weighted by atomic mass is 9.98. The summed E-state index contributed by atoms with van der Waals surface area (Å²) in [5, 5.41) is 3.58. The predicted molar refractivity (Wildman–Crippen MR) is 115 cm³/mol. The smallest absolute Gasteiger partial charge is 0.0743 e. The topological polar surface area (TPSA) is 41.3 Å². The molecule has 1 aliphatic heterocycles. The summed E-state index contributed by atoms with van der Waals surface area (Å²) in [5.74, 6) is 0. The van der Waals surface area contributed by atoms with Crippen LogP contribution in [0.5, 0.6) is 0 Å². The van der Waals surface area contributed by atoms with E-state index in [9.17, 15) is 0 Å². The van der Waals surface area contributed by atoms with E-state index in [0.29, 0.717) is 5.25 Å². The van der Waals surface area contributed by atoms with Crippen molar-refractivity contribution in [1.82, 2.24) is 10.4 Å². The second-order valence-electron chi connectivity index (χ2n) is 6.66. The van der Waals surface area contributed by atoms with Gasteiger partial charge in [0.25, 0.3) is 0 Å². The van der Waals surface area contributed by atoms with Crippen LogP contribution < -0.4 is 11.2 Å². The first kappa shape index (κ1) is 18.4. The van der Waals surface area contributed by atoms with Gasteiger partial charge >= 0.3 is 0 Å². The lowest BCUT2D eigenvalue weighted by Crippen LogP contribution is -2.35. The van der Waals surface area contributed by atoms with Gasteiger partial charge in [0.1, 0.15) is 0 Å². The first-order chi connectivity index (χ1) is 13.2. The van der Waals surface area contributed by atoms with Gasteiger partial charge in [-0.15, -0.1) is 11.8 Å². The number of hydrogen-bond donors (Lipinski definition) is 2. The number of nitrogens with one attached hydrogen (secondary N) is 1. The average Bonchev–Trinajstić information content (AvgIpc) is 3.14. The van der Waals surface area contributed by atoms with Gasteiger partial charge in [0.15, 0.2) is 0 Å². The Labute approximate surface area is 169 Å². The molecule has 0 saturated carbocycles. The monoisotopic (exact) mass is 395 g/mol. The Kier molecular flexibility index (Phi) is 5.69. The van der Waals surface area contributed by atoms with Crippen molar-refractivity contribution >= 4 is 29.1 Å². The molecular weight excluding hydrogens is 374 g/mol. The minimum atomic E-state index is 0.142. The maximum absolute atomic E-state index is 6.34. The van der Waals surface area contributed by atoms with Crippen LogP contribution in [-0.2, 0) is 0 Å². The average molecular weight is 396 g/mol. The first-order valence-corrected chi connectivity index (χ1v) is 10.3. The number of hydrogen-bond acceptors (Lipinski definition) is 4. The number of halogens is 1. The van der Waals surface area contributed by atoms with E-state index in [1.165, 1.54) is 11.1 Å². The summed E-state index contributed by atoms with van der Waals surface area (Å²) >= 11 is 8.18. The molecule has 0 amide bonds. The number of nitrogen functional groups attached to an aromatic ring is 1. The largest absolute Gasteiger partial charge is 0.399 e. The second kappa shape index (κ2) is 8.36. The zero-order chi connectivity index (χ0) is 18.6. The van der Waals surface area contributed by atoms with Crippen LogP contribution in [0.4, 0.5) is 5.69 Å². The molecule has 1 heterocycles. The van der Waals surface area contributed by atoms with E-state index in [1.54, 1.807) is 0 Å². The Bertz CT molecular complexity index is 886. The van der Waals surface area contributed by atoms with Crippen LogP contribution in [0.1, 0.15) is 17.2 Å². The van der Waals surface area contributed by atoms with Crippen molar-refractivity contribution in [3.63, 3.8) is 0 Å². The molecule has 3 N–H and O–H groups in total. The van der Waals surface area contributed by atoms with Crippen molar-refractivity contribution in [2.75, 3.05) is 18.8 Å². The minimum Gasteiger partial charge on any atom is -0.399 e. The highest BCUT2D eigenvalue weighted by molar-refractivity contribution is 8.00. The van der Waals surface area contributed by atoms with Gasteiger partial charge in [-0.2, -0.15) is 0 Å². The lowest BCUT2D eigenvalue weighted by Gasteiger charge is -2.28. The van der Waals surface area contributed by atoms with Crippen molar-refractivity contribution in [3.05, 3.63) is 95.0 Å². The van der Waals surface area contributed by atoms with Gasteiger partial charge in [-0.25, -0.2) is 5.01 Å². The van der Waals surface area contributed by atoms with E-state index in [2.05, 4.69) is 59.0 Å². The Hall–Kier alpha value is -1.98. The highest BCUT2D eigenvalue weighted by atomic mass is 35.5. The fourth-order valence-electron chi connectivity index (χ4n) is 3.43. The summed E-state index contributed by atoms with van der Waals surface area (Å²) in [5.41, 5.74) is 12.8. The van der Waals surface area contributed by atoms with Gasteiger partial charge in [0.2, 0.25) is 0 Å². The number of nitrogens with zero attached hydrogens (tertiary/aromatic N) is 1. The van der Waals surface area contributed by atoms with E-state index >= 15 is 0 Å². The number of nitrogens with two attached hydrogens (primary N) is 1. The molecule has 0 bridgehead atoms. The summed E-state index contributed by atoms with van der Waals surface area (Å²) in [6.07, 6.45) is 0. The van der Waals surface area contributed by atoms with Crippen molar-refractivity contribution in [2.24, 2.45) is 0 Å². The number of hydrazine groups is 1. The molecule has 0 spiro atoms. The fourth-order valence-corrected chi connectivity index (χ4v) is 4.79. The molecule has 138 valence electrons. The fraction of sp³-hybridized carbons (Fsp3) is 0.182. The van der Waals surface area contributed by atoms with E-state index in [-0.39, 0.29) is 6.04 Å². The van der Waals surface area contributed by atoms with Gasteiger partial charge in [-0.1, -0.05) is 66.2 Å². The molecule has 5 heteroatoms. The van der Waals surface area contributed by atoms with Crippen LogP contribution in [0, 0.1) is 0 Å². The second-order valence-corrected chi connectivity index (χ2v) is 8.41. The van der Waals surface area contributed by atoms with Gasteiger partial charge in [-0.05, 0) is 35.4 Å². The number of thioether (sulfide) groups is 1. The zero-order valence-electron chi connectivity index (χ0n) is 14.9. The number of benzene rings is 3. The molecule has 2 atom stereocenters. The molecule has 1 saturated heterocycles. The molecular formula is C22H22ClN3S. The summed E-state index contributed by atoms with van der Waals surface area (Å²) in [7, 11) is 0. The van der Waals surface area contributed by atoms with Crippen LogP contribution in [0.15, 0.2) is 83.8 Å². The van der Waals surface area contributed by atoms with Crippen molar-refractivity contribution < 1.29 is 0 Å². The maximum atomic E-state index is 6.34. The summed E-state index contributed by atoms with van der Waals surface area (Å²) in [4.78, 5) is 1.14. The summed E-state index contributed by atoms with van der Waals surface area (Å²) in [6, 6.07) is 26.9. The van der Waals surface area contributed by atoms with Crippen LogP contribution >= 0.6 is 23.4 Å². The Morgan fingerprint density at radius 3 is 2.33 bits per heavy atom. The Balaban J connectivity index is 1.56. The molecule has 0 aromatic heterocycles. The van der Waals surface area contributed by atoms with E-state index in [1.807, 2.05) is 42.1 Å². The van der Waals surface area contributed by atoms with E-state index < -0.39 is 0 Å². The first-order valence-electron chi connectivity index (χ1n) is 9.02. The molecule has 3 aromatic carbocycles. The minimum absolute atomic E-state index is 0.142. The number of anilines is 1. The Morgan fingerprint density at radius 2 is 1.59 bits per heavy atom. The third-order valence-electron chi connectivity index (χ3n) is 4.73. The lowest BCUT2D eigenvalue weighted by molar-refractivity contribution is 0.204. The summed E-state index contributed by atoms with van der Waals surface area (Å²) < 4.78 is 0. The molecule has 1 aliphatic rings. The van der Waals surface area contributed by atoms with Gasteiger partial charge in [0.05, 0.1) is 11.1 Å². The van der Waals surface area contributed by atoms with Crippen molar-refractivity contribution in [2.45, 2.75) is 16.2 Å². The maximum Gasteiger partial charge on any atom is 0.0743 e. The third-order valence-corrected chi connectivity index (χ3v) is 6.43. The third kappa shape index (κ3) is 4.30. The molecule has 3 aromatic rings. The quantitative estimate of drug-likeness (QED) is 0.597. The van der Waals surface area contributed by atoms with E-state index in [0.717, 1.165) is 28.7 Å². The summed E-state index contributed by atoms with van der Waals surface area (Å²) in [6.45, 7) is 1.84. The molecule has 1 fully saturated rings. The van der Waals surface area contributed by atoms with Gasteiger partial charge < -0.3 is 5.73 Å². The molecule has 2 unspecified atom stereocenters. The standard InChI is InChI=1S/C22H22ClN3S/c23-20-8-4-5-9-21(20)27-19-14-25-26(15-19)22(16-6-2-1-3-7-16)17-10-12-18(24)13-11-17/h1-13,19,22,25H,14-15,24H2. The molecule has 3 nitrogen and oxygen atoms in total. The van der Waals surface area contributed by atoms with Gasteiger partial charge in [-0.3, -0.25) is 5.43 Å². The predicted octanol–water partition coefficient (Wildman–Crippen LogP) is 4.99. The normalized spacial score (nSPS) is 18.5. The van der Waals surface area contributed by atoms with Crippen LogP contribution in [-0.4, -0.2) is 23.3 Å². The molecule has 27 heavy (non-hydrogen) atoms. The highest BCUT2D eigenvalue weighted by Crippen LogP contribution is 2.35. The molecule has 4 rings (SSSR count). The van der Waals surface area contributed by atoms with Crippen molar-refractivity contribution in [3.8, 4) is 0 Å². The molecule has 0 aliphatic carbocycles. The SMILES string of the molecule is Nc1ccc(C(c2ccccc2)N2CC(Sc3ccccc3Cl)CN2)cc1. The van der Waals surface area contributed by atoms with Crippen LogP contribution in [0.2, 0.25) is 5.02 Å². The zero-order valence-corrected chi connectivity index (χ0v) is 16.5. The van der Waals surface area contributed by atoms with E-state index in [4.69, 9.17) is 17.3 Å². The Morgan fingerprint density at radius 1 is 0.926 bits per heavy atom.